The van der Waals surface area contributed by atoms with Gasteiger partial charge in [-0.15, -0.1) is 0 Å². The van der Waals surface area contributed by atoms with E-state index in [0.717, 1.165) is 25.2 Å². The molecule has 0 amide bonds. The minimum absolute atomic E-state index is 0.00856. The standard InChI is InChI=1S/C15H28N4/c1-7-9-16-13-17-10-8-12(18-13)19-15(5,6)11-14(2,3)4/h8,10H,7,9,11H2,1-6H3,(H2,16,17,18,19). The molecule has 1 aromatic heterocycles. The van der Waals surface area contributed by atoms with Crippen LogP contribution in [0.3, 0.4) is 0 Å². The lowest BCUT2D eigenvalue weighted by molar-refractivity contribution is 0.302. The fourth-order valence-electron chi connectivity index (χ4n) is 2.47. The third kappa shape index (κ3) is 6.41. The van der Waals surface area contributed by atoms with Crippen molar-refractivity contribution in [3.63, 3.8) is 0 Å². The Labute approximate surface area is 117 Å². The molecule has 0 bridgehead atoms. The summed E-state index contributed by atoms with van der Waals surface area (Å²) in [6.07, 6.45) is 3.93. The first-order valence-electron chi connectivity index (χ1n) is 7.07. The Kier molecular flexibility index (Phi) is 5.15. The molecule has 0 radical (unpaired) electrons. The van der Waals surface area contributed by atoms with Crippen molar-refractivity contribution in [3.05, 3.63) is 12.3 Å². The second-order valence-electron chi connectivity index (χ2n) is 6.94. The lowest BCUT2D eigenvalue weighted by atomic mass is 9.82. The molecule has 1 aromatic rings. The molecule has 108 valence electrons. The first kappa shape index (κ1) is 15.7. The number of hydrogen-bond donors (Lipinski definition) is 2. The molecule has 2 N–H and O–H groups in total. The maximum atomic E-state index is 4.49. The number of nitrogens with one attached hydrogen (secondary N) is 2. The zero-order chi connectivity index (χ0) is 14.5. The number of aromatic nitrogens is 2. The Balaban J connectivity index is 2.70. The second-order valence-corrected chi connectivity index (χ2v) is 6.94. The van der Waals surface area contributed by atoms with E-state index in [1.165, 1.54) is 0 Å². The fraction of sp³-hybridized carbons (Fsp3) is 0.733. The Hall–Kier alpha value is -1.32. The lowest BCUT2D eigenvalue weighted by Crippen LogP contribution is -2.35. The summed E-state index contributed by atoms with van der Waals surface area (Å²) in [5.41, 5.74) is 0.293. The average Bonchev–Trinajstić information content (AvgIpc) is 2.22. The van der Waals surface area contributed by atoms with E-state index in [4.69, 9.17) is 0 Å². The summed E-state index contributed by atoms with van der Waals surface area (Å²) < 4.78 is 0. The molecule has 0 unspecified atom stereocenters. The second kappa shape index (κ2) is 6.22. The smallest absolute Gasteiger partial charge is 0.224 e. The molecular weight excluding hydrogens is 236 g/mol. The van der Waals surface area contributed by atoms with Crippen molar-refractivity contribution in [1.82, 2.24) is 9.97 Å². The molecule has 0 saturated heterocycles. The fourth-order valence-corrected chi connectivity index (χ4v) is 2.47. The van der Waals surface area contributed by atoms with Crippen LogP contribution >= 0.6 is 0 Å². The van der Waals surface area contributed by atoms with Gasteiger partial charge in [-0.05, 0) is 38.2 Å². The van der Waals surface area contributed by atoms with Gasteiger partial charge in [0, 0.05) is 18.3 Å². The number of rotatable bonds is 6. The van der Waals surface area contributed by atoms with Gasteiger partial charge in [0.25, 0.3) is 0 Å². The third-order valence-corrected chi connectivity index (χ3v) is 2.63. The summed E-state index contributed by atoms with van der Waals surface area (Å²) in [6, 6.07) is 1.92. The Morgan fingerprint density at radius 3 is 2.42 bits per heavy atom. The van der Waals surface area contributed by atoms with E-state index in [9.17, 15) is 0 Å². The summed E-state index contributed by atoms with van der Waals surface area (Å²) in [7, 11) is 0. The van der Waals surface area contributed by atoms with Crippen molar-refractivity contribution >= 4 is 11.8 Å². The predicted octanol–water partition coefficient (Wildman–Crippen LogP) is 3.93. The van der Waals surface area contributed by atoms with Gasteiger partial charge in [-0.25, -0.2) is 4.98 Å². The average molecular weight is 264 g/mol. The quantitative estimate of drug-likeness (QED) is 0.817. The highest BCUT2D eigenvalue weighted by molar-refractivity contribution is 5.41. The molecular formula is C15H28N4. The molecule has 0 spiro atoms. The molecule has 4 heteroatoms. The first-order valence-corrected chi connectivity index (χ1v) is 7.07. The number of anilines is 2. The Morgan fingerprint density at radius 2 is 1.84 bits per heavy atom. The molecule has 0 fully saturated rings. The Morgan fingerprint density at radius 1 is 1.16 bits per heavy atom. The van der Waals surface area contributed by atoms with Crippen molar-refractivity contribution in [2.24, 2.45) is 5.41 Å². The van der Waals surface area contributed by atoms with Gasteiger partial charge in [-0.1, -0.05) is 27.7 Å². The van der Waals surface area contributed by atoms with Crippen LogP contribution in [0.2, 0.25) is 0 Å². The maximum absolute atomic E-state index is 4.49. The minimum Gasteiger partial charge on any atom is -0.365 e. The van der Waals surface area contributed by atoms with Crippen LogP contribution in [0.5, 0.6) is 0 Å². The summed E-state index contributed by atoms with van der Waals surface area (Å²) >= 11 is 0. The van der Waals surface area contributed by atoms with E-state index in [-0.39, 0.29) is 11.0 Å². The molecule has 0 aliphatic carbocycles. The Bertz CT molecular complexity index is 393. The normalized spacial score (nSPS) is 12.3. The van der Waals surface area contributed by atoms with Crippen molar-refractivity contribution in [3.8, 4) is 0 Å². The van der Waals surface area contributed by atoms with Gasteiger partial charge in [0.15, 0.2) is 0 Å². The minimum atomic E-state index is 0.00856. The number of nitrogens with zero attached hydrogens (tertiary/aromatic N) is 2. The van der Waals surface area contributed by atoms with Crippen LogP contribution in [0, 0.1) is 5.41 Å². The van der Waals surface area contributed by atoms with Crippen LogP contribution in [-0.4, -0.2) is 22.1 Å². The van der Waals surface area contributed by atoms with Crippen molar-refractivity contribution < 1.29 is 0 Å². The van der Waals surface area contributed by atoms with Gasteiger partial charge in [-0.2, -0.15) is 4.98 Å². The molecule has 4 nitrogen and oxygen atoms in total. The van der Waals surface area contributed by atoms with Gasteiger partial charge in [-0.3, -0.25) is 0 Å². The molecule has 0 atom stereocenters. The van der Waals surface area contributed by atoms with Gasteiger partial charge in [0.1, 0.15) is 5.82 Å². The zero-order valence-corrected chi connectivity index (χ0v) is 13.2. The highest BCUT2D eigenvalue weighted by atomic mass is 15.1. The van der Waals surface area contributed by atoms with Crippen LogP contribution in [0.25, 0.3) is 0 Å². The molecule has 19 heavy (non-hydrogen) atoms. The summed E-state index contributed by atoms with van der Waals surface area (Å²) in [6.45, 7) is 14.2. The van der Waals surface area contributed by atoms with E-state index in [2.05, 4.69) is 62.1 Å². The van der Waals surface area contributed by atoms with Gasteiger partial charge in [0.2, 0.25) is 5.95 Å². The maximum Gasteiger partial charge on any atom is 0.224 e. The zero-order valence-electron chi connectivity index (χ0n) is 13.2. The van der Waals surface area contributed by atoms with Crippen molar-refractivity contribution in [1.29, 1.82) is 0 Å². The molecule has 0 aliphatic rings. The van der Waals surface area contributed by atoms with E-state index in [0.29, 0.717) is 5.95 Å². The van der Waals surface area contributed by atoms with Crippen LogP contribution in [0.15, 0.2) is 12.3 Å². The van der Waals surface area contributed by atoms with Gasteiger partial charge >= 0.3 is 0 Å². The van der Waals surface area contributed by atoms with Crippen LogP contribution in [0.1, 0.15) is 54.4 Å². The van der Waals surface area contributed by atoms with Gasteiger partial charge in [0.05, 0.1) is 0 Å². The summed E-state index contributed by atoms with van der Waals surface area (Å²) in [5, 5.41) is 6.71. The highest BCUT2D eigenvalue weighted by Crippen LogP contribution is 2.29. The largest absolute Gasteiger partial charge is 0.365 e. The highest BCUT2D eigenvalue weighted by Gasteiger charge is 2.25. The lowest BCUT2D eigenvalue weighted by Gasteiger charge is -2.33. The van der Waals surface area contributed by atoms with Gasteiger partial charge < -0.3 is 10.6 Å². The van der Waals surface area contributed by atoms with E-state index in [1.807, 2.05) is 6.07 Å². The summed E-state index contributed by atoms with van der Waals surface area (Å²) in [4.78, 5) is 8.71. The van der Waals surface area contributed by atoms with Crippen LogP contribution in [-0.2, 0) is 0 Å². The SMILES string of the molecule is CCCNc1nccc(NC(C)(C)CC(C)(C)C)n1. The molecule has 1 heterocycles. The monoisotopic (exact) mass is 264 g/mol. The molecule has 0 aliphatic heterocycles. The van der Waals surface area contributed by atoms with E-state index in [1.54, 1.807) is 6.20 Å². The number of hydrogen-bond acceptors (Lipinski definition) is 4. The molecule has 0 aromatic carbocycles. The molecule has 1 rings (SSSR count). The van der Waals surface area contributed by atoms with Crippen molar-refractivity contribution in [2.45, 2.75) is 59.9 Å². The van der Waals surface area contributed by atoms with Crippen LogP contribution in [0.4, 0.5) is 11.8 Å². The van der Waals surface area contributed by atoms with E-state index < -0.39 is 0 Å². The third-order valence-electron chi connectivity index (χ3n) is 2.63. The first-order chi connectivity index (χ1) is 8.72. The van der Waals surface area contributed by atoms with Crippen molar-refractivity contribution in [2.75, 3.05) is 17.2 Å². The molecule has 0 saturated carbocycles. The predicted molar refractivity (Wildman–Crippen MR) is 82.6 cm³/mol. The van der Waals surface area contributed by atoms with E-state index >= 15 is 0 Å². The summed E-state index contributed by atoms with van der Waals surface area (Å²) in [5.74, 6) is 1.57. The topological polar surface area (TPSA) is 49.8 Å². The van der Waals surface area contributed by atoms with Crippen LogP contribution < -0.4 is 10.6 Å².